The van der Waals surface area contributed by atoms with E-state index in [1.807, 2.05) is 30.0 Å². The Morgan fingerprint density at radius 1 is 1.09 bits per heavy atom. The van der Waals surface area contributed by atoms with Gasteiger partial charge in [-0.15, -0.1) is 11.6 Å². The third-order valence-corrected chi connectivity index (χ3v) is 4.61. The molecule has 8 heteroatoms. The highest BCUT2D eigenvalue weighted by Crippen LogP contribution is 2.22. The van der Waals surface area contributed by atoms with E-state index in [-0.39, 0.29) is 13.0 Å². The Hall–Kier alpha value is -1.99. The average Bonchev–Trinajstić information content (AvgIpc) is 2.60. The number of alkyl carbamates (subject to hydrolysis) is 1. The number of carbonyl (C=O) groups excluding carboxylic acids is 2. The number of hydrogen-bond donors (Lipinski definition) is 2. The standard InChI is InChI=1S/C24H39ClN2O5/c1-17-8-9-20(27(11-10-25)12-13-28)15-18(17)14-19(16-21(29)31-23(2,3)4)26-22(30)32-24(5,6)7/h8-9,15,19,28H,10-14,16H2,1-7H3,(H,26,30)/t19-/m0/s1. The molecule has 7 nitrogen and oxygen atoms in total. The molecule has 32 heavy (non-hydrogen) atoms. The van der Waals surface area contributed by atoms with Crippen LogP contribution in [0.1, 0.15) is 59.1 Å². The van der Waals surface area contributed by atoms with Gasteiger partial charge >= 0.3 is 12.1 Å². The molecule has 0 aliphatic carbocycles. The number of alkyl halides is 1. The van der Waals surface area contributed by atoms with Gasteiger partial charge in [-0.2, -0.15) is 0 Å². The number of aliphatic hydroxyl groups excluding tert-OH is 1. The molecule has 0 aliphatic heterocycles. The van der Waals surface area contributed by atoms with Crippen LogP contribution in [0.5, 0.6) is 0 Å². The lowest BCUT2D eigenvalue weighted by molar-refractivity contribution is -0.155. The number of benzene rings is 1. The molecule has 0 spiro atoms. The van der Waals surface area contributed by atoms with E-state index in [1.165, 1.54) is 0 Å². The minimum absolute atomic E-state index is 0.0154. The maximum Gasteiger partial charge on any atom is 0.407 e. The van der Waals surface area contributed by atoms with Crippen LogP contribution >= 0.6 is 11.6 Å². The Morgan fingerprint density at radius 2 is 1.72 bits per heavy atom. The van der Waals surface area contributed by atoms with Crippen LogP contribution in [0.15, 0.2) is 18.2 Å². The third-order valence-electron chi connectivity index (χ3n) is 4.44. The fourth-order valence-corrected chi connectivity index (χ4v) is 3.37. The van der Waals surface area contributed by atoms with Gasteiger partial charge in [0.05, 0.1) is 13.0 Å². The van der Waals surface area contributed by atoms with Gasteiger partial charge in [-0.05, 0) is 78.1 Å². The van der Waals surface area contributed by atoms with E-state index in [2.05, 4.69) is 5.32 Å². The topological polar surface area (TPSA) is 88.1 Å². The van der Waals surface area contributed by atoms with E-state index in [0.717, 1.165) is 16.8 Å². The van der Waals surface area contributed by atoms with Gasteiger partial charge < -0.3 is 24.8 Å². The number of esters is 1. The molecule has 0 fully saturated rings. The SMILES string of the molecule is Cc1ccc(N(CCO)CCCl)cc1C[C@@H](CC(=O)OC(C)(C)C)NC(=O)OC(C)(C)C. The maximum atomic E-state index is 12.5. The van der Waals surface area contributed by atoms with Gasteiger partial charge in [0, 0.05) is 30.7 Å². The van der Waals surface area contributed by atoms with Gasteiger partial charge in [0.2, 0.25) is 0 Å². The van der Waals surface area contributed by atoms with Gasteiger partial charge in [-0.1, -0.05) is 6.07 Å². The quantitative estimate of drug-likeness (QED) is 0.393. The molecule has 0 aliphatic rings. The van der Waals surface area contributed by atoms with Crippen LogP contribution in [0.25, 0.3) is 0 Å². The summed E-state index contributed by atoms with van der Waals surface area (Å²) in [6.07, 6.45) is -0.141. The summed E-state index contributed by atoms with van der Waals surface area (Å²) in [5.41, 5.74) is 1.67. The number of nitrogens with one attached hydrogen (secondary N) is 1. The summed E-state index contributed by atoms with van der Waals surface area (Å²) in [6, 6.07) is 5.47. The molecule has 1 aromatic rings. The number of carbonyl (C=O) groups is 2. The van der Waals surface area contributed by atoms with E-state index in [0.29, 0.717) is 25.4 Å². The van der Waals surface area contributed by atoms with Gasteiger partial charge in [0.15, 0.2) is 0 Å². The second-order valence-electron chi connectivity index (χ2n) is 9.85. The number of halogens is 1. The summed E-state index contributed by atoms with van der Waals surface area (Å²) in [7, 11) is 0. The lowest BCUT2D eigenvalue weighted by Crippen LogP contribution is -2.42. The summed E-state index contributed by atoms with van der Waals surface area (Å²) in [4.78, 5) is 26.9. The normalized spacial score (nSPS) is 12.8. The van der Waals surface area contributed by atoms with Crippen LogP contribution in [-0.4, -0.2) is 60.0 Å². The van der Waals surface area contributed by atoms with Crippen molar-refractivity contribution in [2.24, 2.45) is 0 Å². The first-order valence-electron chi connectivity index (χ1n) is 11.0. The van der Waals surface area contributed by atoms with E-state index in [1.54, 1.807) is 41.5 Å². The smallest absolute Gasteiger partial charge is 0.407 e. The average molecular weight is 471 g/mol. The van der Waals surface area contributed by atoms with Crippen LogP contribution in [0, 0.1) is 6.92 Å². The number of anilines is 1. The molecule has 0 radical (unpaired) electrons. The van der Waals surface area contributed by atoms with E-state index in [4.69, 9.17) is 21.1 Å². The highest BCUT2D eigenvalue weighted by atomic mass is 35.5. The number of nitrogens with zero attached hydrogens (tertiary/aromatic N) is 1. The van der Waals surface area contributed by atoms with Crippen LogP contribution in [0.4, 0.5) is 10.5 Å². The number of hydrogen-bond acceptors (Lipinski definition) is 6. The van der Waals surface area contributed by atoms with Crippen LogP contribution in [0.3, 0.4) is 0 Å². The molecule has 1 atom stereocenters. The molecular weight excluding hydrogens is 432 g/mol. The zero-order chi connectivity index (χ0) is 24.5. The van der Waals surface area contributed by atoms with E-state index >= 15 is 0 Å². The van der Waals surface area contributed by atoms with Crippen molar-refractivity contribution in [2.75, 3.05) is 30.5 Å². The van der Waals surface area contributed by atoms with Crippen molar-refractivity contribution in [2.45, 2.75) is 78.6 Å². The van der Waals surface area contributed by atoms with Gasteiger partial charge in [0.25, 0.3) is 0 Å². The Balaban J connectivity index is 3.12. The van der Waals surface area contributed by atoms with Crippen molar-refractivity contribution in [3.63, 3.8) is 0 Å². The first-order chi connectivity index (χ1) is 14.7. The summed E-state index contributed by atoms with van der Waals surface area (Å²) in [6.45, 7) is 13.8. The highest BCUT2D eigenvalue weighted by Gasteiger charge is 2.25. The fraction of sp³-hybridized carbons (Fsp3) is 0.667. The second kappa shape index (κ2) is 12.3. The maximum absolute atomic E-state index is 12.5. The zero-order valence-corrected chi connectivity index (χ0v) is 21.2. The number of aliphatic hydroxyl groups is 1. The van der Waals surface area contributed by atoms with Crippen LogP contribution < -0.4 is 10.2 Å². The van der Waals surface area contributed by atoms with Gasteiger partial charge in [0.1, 0.15) is 11.2 Å². The largest absolute Gasteiger partial charge is 0.460 e. The molecule has 1 amide bonds. The van der Waals surface area contributed by atoms with E-state index < -0.39 is 29.3 Å². The molecule has 0 heterocycles. The molecule has 2 N–H and O–H groups in total. The second-order valence-corrected chi connectivity index (χ2v) is 10.2. The first-order valence-corrected chi connectivity index (χ1v) is 11.5. The lowest BCUT2D eigenvalue weighted by atomic mass is 9.98. The Labute approximate surface area is 197 Å². The van der Waals surface area contributed by atoms with Gasteiger partial charge in [-0.3, -0.25) is 4.79 Å². The Morgan fingerprint density at radius 3 is 2.25 bits per heavy atom. The van der Waals surface area contributed by atoms with Gasteiger partial charge in [-0.25, -0.2) is 4.79 Å². The number of ether oxygens (including phenoxy) is 2. The summed E-state index contributed by atoms with van der Waals surface area (Å²) >= 11 is 5.92. The summed E-state index contributed by atoms with van der Waals surface area (Å²) in [5, 5.41) is 12.2. The van der Waals surface area contributed by atoms with Crippen molar-refractivity contribution in [1.82, 2.24) is 5.32 Å². The zero-order valence-electron chi connectivity index (χ0n) is 20.5. The molecule has 182 valence electrons. The molecule has 1 aromatic carbocycles. The van der Waals surface area contributed by atoms with Crippen molar-refractivity contribution >= 4 is 29.4 Å². The van der Waals surface area contributed by atoms with E-state index in [9.17, 15) is 14.7 Å². The molecule has 0 bridgehead atoms. The summed E-state index contributed by atoms with van der Waals surface area (Å²) in [5.74, 6) is 0.0430. The first kappa shape index (κ1) is 28.0. The number of rotatable bonds is 10. The lowest BCUT2D eigenvalue weighted by Gasteiger charge is -2.27. The third kappa shape index (κ3) is 11.0. The molecule has 1 rings (SSSR count). The Kier molecular flexibility index (Phi) is 10.8. The van der Waals surface area contributed by atoms with Crippen molar-refractivity contribution in [1.29, 1.82) is 0 Å². The molecule has 0 saturated carbocycles. The Bertz CT molecular complexity index is 720. The molecule has 0 aromatic heterocycles. The molecular formula is C24H39ClN2O5. The monoisotopic (exact) mass is 470 g/mol. The number of aryl methyl sites for hydroxylation is 1. The predicted molar refractivity (Wildman–Crippen MR) is 129 cm³/mol. The highest BCUT2D eigenvalue weighted by molar-refractivity contribution is 6.18. The summed E-state index contributed by atoms with van der Waals surface area (Å²) < 4.78 is 10.9. The van der Waals surface area contributed by atoms with Crippen molar-refractivity contribution in [3.05, 3.63) is 29.3 Å². The minimum atomic E-state index is -0.650. The minimum Gasteiger partial charge on any atom is -0.460 e. The van der Waals surface area contributed by atoms with Crippen LogP contribution in [0.2, 0.25) is 0 Å². The molecule has 0 unspecified atom stereocenters. The molecule has 0 saturated heterocycles. The predicted octanol–water partition coefficient (Wildman–Crippen LogP) is 4.20. The van der Waals surface area contributed by atoms with Crippen molar-refractivity contribution < 1.29 is 24.2 Å². The fourth-order valence-electron chi connectivity index (χ4n) is 3.17. The van der Waals surface area contributed by atoms with Crippen LogP contribution in [-0.2, 0) is 20.7 Å². The van der Waals surface area contributed by atoms with Crippen molar-refractivity contribution in [3.8, 4) is 0 Å². The number of amides is 1.